The number of aromatic nitrogens is 4. The smallest absolute Gasteiger partial charge is 0.157 e. The van der Waals surface area contributed by atoms with E-state index < -0.39 is 5.60 Å². The number of ketones is 1. The first-order valence-electron chi connectivity index (χ1n) is 13.3. The third-order valence-electron chi connectivity index (χ3n) is 10.5. The maximum absolute atomic E-state index is 13.6. The van der Waals surface area contributed by atoms with Crippen molar-refractivity contribution in [2.45, 2.75) is 76.9 Å². The van der Waals surface area contributed by atoms with E-state index in [4.69, 9.17) is 4.74 Å². The molecule has 0 aliphatic heterocycles. The summed E-state index contributed by atoms with van der Waals surface area (Å²) >= 11 is 0. The highest BCUT2D eigenvalue weighted by Gasteiger charge is 2.59. The van der Waals surface area contributed by atoms with E-state index >= 15 is 0 Å². The van der Waals surface area contributed by atoms with Gasteiger partial charge in [0.05, 0.1) is 23.9 Å². The van der Waals surface area contributed by atoms with Gasteiger partial charge in [-0.05, 0) is 98.9 Å². The molecule has 2 aromatic rings. The average Bonchev–Trinajstić information content (AvgIpc) is 3.39. The number of methoxy groups -OCH3 is 1. The first-order chi connectivity index (χ1) is 16.4. The Bertz CT molecular complexity index is 1070. The van der Waals surface area contributed by atoms with Crippen molar-refractivity contribution in [1.29, 1.82) is 0 Å². The molecule has 0 radical (unpaired) electrons. The van der Waals surface area contributed by atoms with Gasteiger partial charge in [-0.15, -0.1) is 5.10 Å². The highest BCUT2D eigenvalue weighted by Crippen LogP contribution is 2.64. The van der Waals surface area contributed by atoms with Crippen molar-refractivity contribution in [2.24, 2.45) is 40.9 Å². The molecule has 1 N–H and O–H groups in total. The predicted octanol–water partition coefficient (Wildman–Crippen LogP) is 4.04. The minimum Gasteiger partial charge on any atom is -0.387 e. The van der Waals surface area contributed by atoms with Gasteiger partial charge in [0.15, 0.2) is 5.78 Å². The Balaban J connectivity index is 1.17. The molecule has 0 saturated heterocycles. The van der Waals surface area contributed by atoms with Crippen molar-refractivity contribution in [1.82, 2.24) is 20.0 Å². The van der Waals surface area contributed by atoms with Crippen molar-refractivity contribution in [3.8, 4) is 0 Å². The molecule has 7 nitrogen and oxygen atoms in total. The largest absolute Gasteiger partial charge is 0.387 e. The molecule has 6 rings (SSSR count). The van der Waals surface area contributed by atoms with Crippen LogP contribution in [0.4, 0.5) is 0 Å². The van der Waals surface area contributed by atoms with Gasteiger partial charge in [-0.3, -0.25) is 9.78 Å². The van der Waals surface area contributed by atoms with Gasteiger partial charge in [0.1, 0.15) is 12.1 Å². The predicted molar refractivity (Wildman–Crippen MR) is 128 cm³/mol. The van der Waals surface area contributed by atoms with E-state index in [2.05, 4.69) is 22.2 Å². The monoisotopic (exact) mass is 466 g/mol. The summed E-state index contributed by atoms with van der Waals surface area (Å²) in [6.45, 7) is 3.19. The van der Waals surface area contributed by atoms with E-state index in [0.717, 1.165) is 60.9 Å². The highest BCUT2D eigenvalue weighted by atomic mass is 16.5. The quantitative estimate of drug-likeness (QED) is 0.715. The summed E-state index contributed by atoms with van der Waals surface area (Å²) in [5.74, 6) is 3.98. The summed E-state index contributed by atoms with van der Waals surface area (Å²) in [6.07, 6.45) is 13.4. The molecule has 4 aliphatic carbocycles. The fourth-order valence-corrected chi connectivity index (χ4v) is 9.09. The molecule has 34 heavy (non-hydrogen) atoms. The van der Waals surface area contributed by atoms with Gasteiger partial charge in [0, 0.05) is 19.2 Å². The zero-order chi connectivity index (χ0) is 23.5. The molecule has 0 aromatic carbocycles. The number of hydrogen-bond acceptors (Lipinski definition) is 6. The zero-order valence-corrected chi connectivity index (χ0v) is 20.5. The molecule has 8 atom stereocenters. The number of pyridine rings is 1. The normalized spacial score (nSPS) is 41.6. The number of nitrogens with zero attached hydrogens (tertiary/aromatic N) is 4. The molecular weight excluding hydrogens is 428 g/mol. The molecule has 2 heterocycles. The summed E-state index contributed by atoms with van der Waals surface area (Å²) in [5.41, 5.74) is 1.11. The molecule has 0 bridgehead atoms. The molecule has 0 spiro atoms. The number of fused-ring (bicyclic) bond motifs is 6. The summed E-state index contributed by atoms with van der Waals surface area (Å²) < 4.78 is 7.10. The summed E-state index contributed by atoms with van der Waals surface area (Å²) in [6, 6.07) is 1.89. The second kappa shape index (κ2) is 8.37. The van der Waals surface area contributed by atoms with Gasteiger partial charge >= 0.3 is 0 Å². The Kier molecular flexibility index (Phi) is 5.56. The fraction of sp³-hybridized carbons (Fsp3) is 0.778. The molecule has 0 amide bonds. The van der Waals surface area contributed by atoms with E-state index in [1.807, 2.05) is 6.07 Å². The number of hydrogen-bond donors (Lipinski definition) is 1. The molecule has 7 heteroatoms. The van der Waals surface area contributed by atoms with E-state index in [1.54, 1.807) is 24.2 Å². The summed E-state index contributed by atoms with van der Waals surface area (Å²) in [7, 11) is 1.70. The van der Waals surface area contributed by atoms with E-state index in [1.165, 1.54) is 25.7 Å². The van der Waals surface area contributed by atoms with Crippen molar-refractivity contribution in [3.05, 3.63) is 18.5 Å². The maximum Gasteiger partial charge on any atom is 0.157 e. The van der Waals surface area contributed by atoms with Gasteiger partial charge in [-0.25, -0.2) is 4.68 Å². The third-order valence-corrected chi connectivity index (χ3v) is 10.5. The van der Waals surface area contributed by atoms with Crippen LogP contribution in [0.15, 0.2) is 18.5 Å². The Labute approximate surface area is 201 Å². The molecule has 4 aliphatic rings. The summed E-state index contributed by atoms with van der Waals surface area (Å²) in [5, 5.41) is 19.4. The first kappa shape index (κ1) is 22.6. The number of Topliss-reactive ketones (excluding diaryl/α,β-unsaturated/α-hetero) is 1. The Hall–Kier alpha value is -1.86. The van der Waals surface area contributed by atoms with Crippen LogP contribution in [0.25, 0.3) is 11.0 Å². The van der Waals surface area contributed by atoms with Gasteiger partial charge < -0.3 is 9.84 Å². The average molecular weight is 467 g/mol. The van der Waals surface area contributed by atoms with Crippen LogP contribution in [0, 0.1) is 40.9 Å². The van der Waals surface area contributed by atoms with E-state index in [-0.39, 0.29) is 11.3 Å². The van der Waals surface area contributed by atoms with Gasteiger partial charge in [0.2, 0.25) is 0 Å². The molecule has 4 saturated carbocycles. The van der Waals surface area contributed by atoms with Crippen LogP contribution in [0.3, 0.4) is 0 Å². The van der Waals surface area contributed by atoms with Crippen LogP contribution in [0.5, 0.6) is 0 Å². The van der Waals surface area contributed by atoms with Crippen LogP contribution in [-0.4, -0.2) is 50.2 Å². The standard InChI is InChI=1S/C27H38N4O3/c1-26-10-7-19-18-8-11-27(33,16-34-2)13-17(18)3-4-20(19)21(26)5-6-22(26)25(32)15-31-24-9-12-28-14-23(24)29-30-31/h9,12,14,17-22,33H,3-8,10-11,13,15-16H2,1-2H3/t17-,18+,19-,20-,21+,22-,26+,27-/m1/s1. The van der Waals surface area contributed by atoms with Crippen LogP contribution in [0.1, 0.15) is 64.7 Å². The SMILES string of the molecule is COC[C@@]1(O)CC[C@H]2[C@H](CC[C@@H]3[C@@H]2CC[C@]2(C)[C@@H](C(=O)Cn4nnc5cnccc54)CC[C@@H]32)C1. The van der Waals surface area contributed by atoms with Crippen LogP contribution in [0.2, 0.25) is 0 Å². The van der Waals surface area contributed by atoms with Crippen LogP contribution >= 0.6 is 0 Å². The lowest BCUT2D eigenvalue weighted by atomic mass is 9.49. The lowest BCUT2D eigenvalue weighted by Gasteiger charge is -2.57. The first-order valence-corrected chi connectivity index (χ1v) is 13.3. The molecule has 2 aromatic heterocycles. The van der Waals surface area contributed by atoms with Crippen molar-refractivity contribution in [2.75, 3.05) is 13.7 Å². The minimum atomic E-state index is -0.627. The topological polar surface area (TPSA) is 90.1 Å². The Morgan fingerprint density at radius 3 is 2.85 bits per heavy atom. The van der Waals surface area contributed by atoms with E-state index in [9.17, 15) is 9.90 Å². The van der Waals surface area contributed by atoms with Crippen LogP contribution < -0.4 is 0 Å². The molecule has 0 unspecified atom stereocenters. The molecule has 184 valence electrons. The second-order valence-corrected chi connectivity index (χ2v) is 12.1. The number of carbonyl (C=O) groups is 1. The number of ether oxygens (including phenoxy) is 1. The van der Waals surface area contributed by atoms with Crippen LogP contribution in [-0.2, 0) is 16.1 Å². The molecular formula is C27H38N4O3. The summed E-state index contributed by atoms with van der Waals surface area (Å²) in [4.78, 5) is 17.7. The lowest BCUT2D eigenvalue weighted by molar-refractivity contribution is -0.136. The third kappa shape index (κ3) is 3.53. The number of rotatable bonds is 5. The Morgan fingerprint density at radius 2 is 2.00 bits per heavy atom. The zero-order valence-electron chi connectivity index (χ0n) is 20.5. The Morgan fingerprint density at radius 1 is 1.15 bits per heavy atom. The highest BCUT2D eigenvalue weighted by molar-refractivity contribution is 5.84. The van der Waals surface area contributed by atoms with Crippen molar-refractivity contribution in [3.63, 3.8) is 0 Å². The minimum absolute atomic E-state index is 0.106. The van der Waals surface area contributed by atoms with Gasteiger partial charge in [-0.1, -0.05) is 12.1 Å². The lowest BCUT2D eigenvalue weighted by Crippen LogP contribution is -2.52. The molecule has 4 fully saturated rings. The van der Waals surface area contributed by atoms with E-state index in [0.29, 0.717) is 30.8 Å². The fourth-order valence-electron chi connectivity index (χ4n) is 9.09. The van der Waals surface area contributed by atoms with Gasteiger partial charge in [-0.2, -0.15) is 0 Å². The maximum atomic E-state index is 13.6. The number of aliphatic hydroxyl groups is 1. The second-order valence-electron chi connectivity index (χ2n) is 12.1. The van der Waals surface area contributed by atoms with Crippen molar-refractivity contribution < 1.29 is 14.6 Å². The van der Waals surface area contributed by atoms with Crippen molar-refractivity contribution >= 4 is 16.8 Å². The number of carbonyl (C=O) groups excluding carboxylic acids is 1. The van der Waals surface area contributed by atoms with Gasteiger partial charge in [0.25, 0.3) is 0 Å².